The summed E-state index contributed by atoms with van der Waals surface area (Å²) in [6.07, 6.45) is 0.708. The standard InChI is InChI=1S/C19H19N3O2/c1-13-6-8-15(9-7-13)19-22-21-18(24-19)11-10-17(23)20-16-5-3-4-14(2)12-16/h3-9,12H,10-11H2,1-2H3,(H,20,23). The van der Waals surface area contributed by atoms with E-state index in [0.29, 0.717) is 24.6 Å². The van der Waals surface area contributed by atoms with Gasteiger partial charge >= 0.3 is 0 Å². The van der Waals surface area contributed by atoms with Gasteiger partial charge in [-0.2, -0.15) is 0 Å². The minimum atomic E-state index is -0.0734. The zero-order valence-corrected chi connectivity index (χ0v) is 13.7. The number of aromatic nitrogens is 2. The van der Waals surface area contributed by atoms with Crippen molar-refractivity contribution in [1.29, 1.82) is 0 Å². The van der Waals surface area contributed by atoms with Crippen LogP contribution in [0.5, 0.6) is 0 Å². The van der Waals surface area contributed by atoms with Crippen LogP contribution < -0.4 is 5.32 Å². The molecule has 1 aromatic heterocycles. The first-order valence-corrected chi connectivity index (χ1v) is 7.86. The second kappa shape index (κ2) is 7.08. The third-order valence-electron chi connectivity index (χ3n) is 3.63. The summed E-state index contributed by atoms with van der Waals surface area (Å²) in [7, 11) is 0. The number of amides is 1. The molecular formula is C19H19N3O2. The Morgan fingerprint density at radius 2 is 1.83 bits per heavy atom. The molecule has 0 saturated carbocycles. The largest absolute Gasteiger partial charge is 0.421 e. The van der Waals surface area contributed by atoms with Gasteiger partial charge in [-0.25, -0.2) is 0 Å². The first-order valence-electron chi connectivity index (χ1n) is 7.86. The fraction of sp³-hybridized carbons (Fsp3) is 0.211. The van der Waals surface area contributed by atoms with E-state index in [-0.39, 0.29) is 5.91 Å². The van der Waals surface area contributed by atoms with Gasteiger partial charge < -0.3 is 9.73 Å². The number of rotatable bonds is 5. The first-order chi connectivity index (χ1) is 11.6. The number of hydrogen-bond acceptors (Lipinski definition) is 4. The van der Waals surface area contributed by atoms with Crippen LogP contribution in [0.1, 0.15) is 23.4 Å². The van der Waals surface area contributed by atoms with Gasteiger partial charge in [0.1, 0.15) is 0 Å². The molecule has 5 nitrogen and oxygen atoms in total. The minimum absolute atomic E-state index is 0.0734. The predicted octanol–water partition coefficient (Wildman–Crippen LogP) is 3.92. The number of nitrogens with zero attached hydrogens (tertiary/aromatic N) is 2. The maximum atomic E-state index is 12.0. The lowest BCUT2D eigenvalue weighted by molar-refractivity contribution is -0.116. The van der Waals surface area contributed by atoms with E-state index in [1.165, 1.54) is 5.56 Å². The first kappa shape index (κ1) is 15.9. The highest BCUT2D eigenvalue weighted by Crippen LogP contribution is 2.19. The van der Waals surface area contributed by atoms with E-state index >= 15 is 0 Å². The highest BCUT2D eigenvalue weighted by molar-refractivity contribution is 5.90. The summed E-state index contributed by atoms with van der Waals surface area (Å²) in [4.78, 5) is 12.0. The second-order valence-electron chi connectivity index (χ2n) is 5.78. The smallest absolute Gasteiger partial charge is 0.247 e. The van der Waals surface area contributed by atoms with Gasteiger partial charge in [0, 0.05) is 24.1 Å². The molecule has 0 fully saturated rings. The van der Waals surface area contributed by atoms with Crippen LogP contribution in [-0.2, 0) is 11.2 Å². The van der Waals surface area contributed by atoms with Gasteiger partial charge in [-0.3, -0.25) is 4.79 Å². The molecule has 0 aliphatic heterocycles. The van der Waals surface area contributed by atoms with Crippen molar-refractivity contribution >= 4 is 11.6 Å². The molecule has 3 aromatic rings. The molecule has 5 heteroatoms. The summed E-state index contributed by atoms with van der Waals surface area (Å²) in [5.41, 5.74) is 3.95. The van der Waals surface area contributed by atoms with Crippen LogP contribution in [0.4, 0.5) is 5.69 Å². The Balaban J connectivity index is 1.57. The minimum Gasteiger partial charge on any atom is -0.421 e. The highest BCUT2D eigenvalue weighted by Gasteiger charge is 2.10. The Hall–Kier alpha value is -2.95. The average Bonchev–Trinajstić information content (AvgIpc) is 3.03. The molecule has 24 heavy (non-hydrogen) atoms. The number of hydrogen-bond donors (Lipinski definition) is 1. The Morgan fingerprint density at radius 3 is 2.58 bits per heavy atom. The molecule has 1 heterocycles. The van der Waals surface area contributed by atoms with Gasteiger partial charge in [0.15, 0.2) is 0 Å². The van der Waals surface area contributed by atoms with Gasteiger partial charge in [0.2, 0.25) is 17.7 Å². The summed E-state index contributed by atoms with van der Waals surface area (Å²) in [5, 5.41) is 10.9. The van der Waals surface area contributed by atoms with Crippen molar-refractivity contribution in [2.24, 2.45) is 0 Å². The molecule has 0 aliphatic carbocycles. The lowest BCUT2D eigenvalue weighted by Gasteiger charge is -2.04. The summed E-state index contributed by atoms with van der Waals surface area (Å²) in [5.74, 6) is 0.866. The number of nitrogens with one attached hydrogen (secondary N) is 1. The molecule has 0 bridgehead atoms. The van der Waals surface area contributed by atoms with Crippen molar-refractivity contribution in [3.8, 4) is 11.5 Å². The summed E-state index contributed by atoms with van der Waals surface area (Å²) in [6, 6.07) is 15.6. The third kappa shape index (κ3) is 4.07. The van der Waals surface area contributed by atoms with E-state index in [1.807, 2.05) is 62.4 Å². The number of anilines is 1. The summed E-state index contributed by atoms with van der Waals surface area (Å²) in [6.45, 7) is 4.01. The summed E-state index contributed by atoms with van der Waals surface area (Å²) < 4.78 is 5.63. The van der Waals surface area contributed by atoms with Crippen LogP contribution in [0.15, 0.2) is 52.9 Å². The number of carbonyl (C=O) groups is 1. The lowest BCUT2D eigenvalue weighted by Crippen LogP contribution is -2.12. The Kier molecular flexibility index (Phi) is 4.70. The van der Waals surface area contributed by atoms with Crippen LogP contribution >= 0.6 is 0 Å². The molecule has 0 spiro atoms. The van der Waals surface area contributed by atoms with Crippen LogP contribution in [0.25, 0.3) is 11.5 Å². The zero-order valence-electron chi connectivity index (χ0n) is 13.7. The third-order valence-corrected chi connectivity index (χ3v) is 3.63. The molecular weight excluding hydrogens is 302 g/mol. The van der Waals surface area contributed by atoms with Crippen molar-refractivity contribution in [1.82, 2.24) is 10.2 Å². The lowest BCUT2D eigenvalue weighted by atomic mass is 10.1. The molecule has 2 aromatic carbocycles. The van der Waals surface area contributed by atoms with Crippen LogP contribution in [-0.4, -0.2) is 16.1 Å². The van der Waals surface area contributed by atoms with Crippen LogP contribution in [0.3, 0.4) is 0 Å². The molecule has 0 unspecified atom stereocenters. The van der Waals surface area contributed by atoms with Gasteiger partial charge in [0.05, 0.1) is 0 Å². The zero-order chi connectivity index (χ0) is 16.9. The SMILES string of the molecule is Cc1ccc(-c2nnc(CCC(=O)Nc3cccc(C)c3)o2)cc1. The average molecular weight is 321 g/mol. The van der Waals surface area contributed by atoms with E-state index < -0.39 is 0 Å². The van der Waals surface area contributed by atoms with Gasteiger partial charge in [-0.15, -0.1) is 10.2 Å². The quantitative estimate of drug-likeness (QED) is 0.773. The molecule has 1 amide bonds. The normalized spacial score (nSPS) is 10.6. The van der Waals surface area contributed by atoms with Gasteiger partial charge in [-0.1, -0.05) is 29.8 Å². The molecule has 0 atom stereocenters. The maximum absolute atomic E-state index is 12.0. The number of aryl methyl sites for hydroxylation is 3. The van der Waals surface area contributed by atoms with Crippen molar-refractivity contribution in [2.45, 2.75) is 26.7 Å². The molecule has 122 valence electrons. The molecule has 0 saturated heterocycles. The Bertz CT molecular complexity index is 838. The number of carbonyl (C=O) groups excluding carboxylic acids is 1. The van der Waals surface area contributed by atoms with E-state index in [4.69, 9.17) is 4.42 Å². The Morgan fingerprint density at radius 1 is 1.04 bits per heavy atom. The van der Waals surface area contributed by atoms with Crippen molar-refractivity contribution in [3.63, 3.8) is 0 Å². The fourth-order valence-corrected chi connectivity index (χ4v) is 2.33. The topological polar surface area (TPSA) is 68.0 Å². The molecule has 0 aliphatic rings. The van der Waals surface area contributed by atoms with E-state index in [2.05, 4.69) is 15.5 Å². The second-order valence-corrected chi connectivity index (χ2v) is 5.78. The highest BCUT2D eigenvalue weighted by atomic mass is 16.4. The number of benzene rings is 2. The maximum Gasteiger partial charge on any atom is 0.247 e. The van der Waals surface area contributed by atoms with Crippen LogP contribution in [0, 0.1) is 13.8 Å². The van der Waals surface area contributed by atoms with E-state index in [1.54, 1.807) is 0 Å². The van der Waals surface area contributed by atoms with Crippen molar-refractivity contribution < 1.29 is 9.21 Å². The van der Waals surface area contributed by atoms with Gasteiger partial charge in [0.25, 0.3) is 0 Å². The summed E-state index contributed by atoms with van der Waals surface area (Å²) >= 11 is 0. The van der Waals surface area contributed by atoms with E-state index in [0.717, 1.165) is 16.8 Å². The monoisotopic (exact) mass is 321 g/mol. The predicted molar refractivity (Wildman–Crippen MR) is 92.6 cm³/mol. The van der Waals surface area contributed by atoms with Crippen molar-refractivity contribution in [2.75, 3.05) is 5.32 Å². The molecule has 3 rings (SSSR count). The van der Waals surface area contributed by atoms with Gasteiger partial charge in [-0.05, 0) is 43.7 Å². The fourth-order valence-electron chi connectivity index (χ4n) is 2.33. The Labute approximate surface area is 140 Å². The van der Waals surface area contributed by atoms with E-state index in [9.17, 15) is 4.79 Å². The molecule has 1 N–H and O–H groups in total. The molecule has 0 radical (unpaired) electrons. The van der Waals surface area contributed by atoms with Crippen molar-refractivity contribution in [3.05, 3.63) is 65.5 Å². The van der Waals surface area contributed by atoms with Crippen LogP contribution in [0.2, 0.25) is 0 Å².